The molecule has 16 heavy (non-hydrogen) atoms. The molecule has 2 rings (SSSR count). The summed E-state index contributed by atoms with van der Waals surface area (Å²) in [6.45, 7) is 5.38. The van der Waals surface area contributed by atoms with Crippen LogP contribution in [0.15, 0.2) is 24.2 Å². The SMILES string of the molecule is BC1=CCC2(CC1)CCN(C(=O)C=C)CC2. The summed E-state index contributed by atoms with van der Waals surface area (Å²) in [5.41, 5.74) is 2.03. The van der Waals surface area contributed by atoms with Gasteiger partial charge in [-0.2, -0.15) is 0 Å². The highest BCUT2D eigenvalue weighted by Gasteiger charge is 2.35. The summed E-state index contributed by atoms with van der Waals surface area (Å²) in [6, 6.07) is 0. The van der Waals surface area contributed by atoms with Crippen molar-refractivity contribution >= 4 is 13.8 Å². The molecule has 0 aromatic carbocycles. The zero-order chi connectivity index (χ0) is 11.6. The molecule has 0 aromatic rings. The van der Waals surface area contributed by atoms with E-state index in [1.165, 1.54) is 30.8 Å². The Hall–Kier alpha value is -0.985. The topological polar surface area (TPSA) is 20.3 Å². The van der Waals surface area contributed by atoms with Crippen LogP contribution in [0.4, 0.5) is 0 Å². The highest BCUT2D eigenvalue weighted by Crippen LogP contribution is 2.43. The van der Waals surface area contributed by atoms with Crippen molar-refractivity contribution < 1.29 is 4.79 Å². The van der Waals surface area contributed by atoms with Crippen molar-refractivity contribution in [2.24, 2.45) is 5.41 Å². The van der Waals surface area contributed by atoms with Gasteiger partial charge >= 0.3 is 0 Å². The molecule has 1 aliphatic carbocycles. The van der Waals surface area contributed by atoms with Crippen molar-refractivity contribution in [2.45, 2.75) is 32.1 Å². The van der Waals surface area contributed by atoms with Gasteiger partial charge in [0.2, 0.25) is 5.91 Å². The molecule has 1 aliphatic heterocycles. The van der Waals surface area contributed by atoms with Gasteiger partial charge in [0.15, 0.2) is 0 Å². The van der Waals surface area contributed by atoms with Gasteiger partial charge in [-0.15, -0.1) is 5.47 Å². The van der Waals surface area contributed by atoms with E-state index in [1.807, 2.05) is 4.90 Å². The molecule has 2 nitrogen and oxygen atoms in total. The van der Waals surface area contributed by atoms with E-state index in [-0.39, 0.29) is 5.91 Å². The molecule has 0 saturated carbocycles. The third kappa shape index (κ3) is 2.23. The summed E-state index contributed by atoms with van der Waals surface area (Å²) in [7, 11) is 2.23. The first-order chi connectivity index (χ1) is 7.65. The largest absolute Gasteiger partial charge is 0.339 e. The van der Waals surface area contributed by atoms with Crippen molar-refractivity contribution in [1.82, 2.24) is 4.90 Å². The van der Waals surface area contributed by atoms with Gasteiger partial charge in [0.1, 0.15) is 7.85 Å². The third-order valence-corrected chi connectivity index (χ3v) is 4.24. The van der Waals surface area contributed by atoms with E-state index in [0.717, 1.165) is 25.9 Å². The van der Waals surface area contributed by atoms with Crippen LogP contribution in [0.2, 0.25) is 0 Å². The maximum absolute atomic E-state index is 11.5. The van der Waals surface area contributed by atoms with Crippen molar-refractivity contribution in [1.29, 1.82) is 0 Å². The Bertz CT molecular complexity index is 327. The number of nitrogens with zero attached hydrogens (tertiary/aromatic N) is 1. The molecule has 3 heteroatoms. The van der Waals surface area contributed by atoms with E-state index < -0.39 is 0 Å². The van der Waals surface area contributed by atoms with Gasteiger partial charge in [-0.3, -0.25) is 4.79 Å². The molecular weight excluding hydrogens is 197 g/mol. The van der Waals surface area contributed by atoms with E-state index in [0.29, 0.717) is 5.41 Å². The molecule has 0 aromatic heterocycles. The van der Waals surface area contributed by atoms with Gasteiger partial charge < -0.3 is 4.90 Å². The highest BCUT2D eigenvalue weighted by atomic mass is 16.2. The Morgan fingerprint density at radius 1 is 1.44 bits per heavy atom. The van der Waals surface area contributed by atoms with Gasteiger partial charge in [0.05, 0.1) is 0 Å². The lowest BCUT2D eigenvalue weighted by molar-refractivity contribution is -0.128. The average Bonchev–Trinajstić information content (AvgIpc) is 2.33. The first kappa shape index (κ1) is 11.5. The maximum atomic E-state index is 11.5. The molecule has 86 valence electrons. The number of carbonyl (C=O) groups excluding carboxylic acids is 1. The van der Waals surface area contributed by atoms with Crippen molar-refractivity contribution in [3.63, 3.8) is 0 Å². The van der Waals surface area contributed by atoms with Crippen molar-refractivity contribution in [2.75, 3.05) is 13.1 Å². The highest BCUT2D eigenvalue weighted by molar-refractivity contribution is 6.21. The maximum Gasteiger partial charge on any atom is 0.245 e. The average molecular weight is 217 g/mol. The van der Waals surface area contributed by atoms with Crippen LogP contribution in [0.25, 0.3) is 0 Å². The first-order valence-corrected chi connectivity index (χ1v) is 6.22. The minimum Gasteiger partial charge on any atom is -0.339 e. The molecule has 0 bridgehead atoms. The Morgan fingerprint density at radius 2 is 2.12 bits per heavy atom. The number of carbonyl (C=O) groups is 1. The van der Waals surface area contributed by atoms with Gasteiger partial charge in [0, 0.05) is 13.1 Å². The lowest BCUT2D eigenvalue weighted by Crippen LogP contribution is -2.43. The lowest BCUT2D eigenvalue weighted by Gasteiger charge is -2.43. The zero-order valence-electron chi connectivity index (χ0n) is 10.2. The molecular formula is C13H20BNO. The van der Waals surface area contributed by atoms with Crippen molar-refractivity contribution in [3.05, 3.63) is 24.2 Å². The number of hydrogen-bond acceptors (Lipinski definition) is 1. The quantitative estimate of drug-likeness (QED) is 0.481. The number of rotatable bonds is 1. The van der Waals surface area contributed by atoms with Gasteiger partial charge in [-0.05, 0) is 43.6 Å². The fourth-order valence-electron chi connectivity index (χ4n) is 2.84. The Balaban J connectivity index is 1.94. The molecule has 0 radical (unpaired) electrons. The second-order valence-corrected chi connectivity index (χ2v) is 5.28. The molecule has 0 atom stereocenters. The number of likely N-dealkylation sites (tertiary alicyclic amines) is 1. The fourth-order valence-corrected chi connectivity index (χ4v) is 2.84. The molecule has 1 saturated heterocycles. The van der Waals surface area contributed by atoms with Crippen molar-refractivity contribution in [3.8, 4) is 0 Å². The van der Waals surface area contributed by atoms with Crippen LogP contribution in [-0.4, -0.2) is 31.7 Å². The molecule has 1 amide bonds. The molecule has 0 unspecified atom stereocenters. The standard InChI is InChI=1S/C13H20BNO/c1-2-12(16)15-9-7-13(8-10-15)5-3-11(14)4-6-13/h2-3H,1,4-10,14H2. The van der Waals surface area contributed by atoms with Crippen LogP contribution in [0.1, 0.15) is 32.1 Å². The van der Waals surface area contributed by atoms with Gasteiger partial charge in [-0.1, -0.05) is 12.7 Å². The molecule has 1 heterocycles. The summed E-state index contributed by atoms with van der Waals surface area (Å²) in [6.07, 6.45) is 9.93. The van der Waals surface area contributed by atoms with Crippen LogP contribution in [0.5, 0.6) is 0 Å². The summed E-state index contributed by atoms with van der Waals surface area (Å²) in [5.74, 6) is 0.0948. The van der Waals surface area contributed by atoms with E-state index in [9.17, 15) is 4.79 Å². The van der Waals surface area contributed by atoms with E-state index in [2.05, 4.69) is 20.5 Å². The number of amides is 1. The van der Waals surface area contributed by atoms with E-state index in [4.69, 9.17) is 0 Å². The fraction of sp³-hybridized carbons (Fsp3) is 0.615. The summed E-state index contributed by atoms with van der Waals surface area (Å²) in [5, 5.41) is 0. The minimum atomic E-state index is 0.0948. The third-order valence-electron chi connectivity index (χ3n) is 4.24. The predicted octanol–water partition coefficient (Wildman–Crippen LogP) is 1.48. The van der Waals surface area contributed by atoms with E-state index >= 15 is 0 Å². The predicted molar refractivity (Wildman–Crippen MR) is 68.9 cm³/mol. The second-order valence-electron chi connectivity index (χ2n) is 5.28. The van der Waals surface area contributed by atoms with E-state index in [1.54, 1.807) is 0 Å². The minimum absolute atomic E-state index is 0.0948. The molecule has 2 aliphatic rings. The Labute approximate surface area is 98.8 Å². The van der Waals surface area contributed by atoms with Crippen LogP contribution in [0.3, 0.4) is 0 Å². The smallest absolute Gasteiger partial charge is 0.245 e. The first-order valence-electron chi connectivity index (χ1n) is 6.22. The van der Waals surface area contributed by atoms with Gasteiger partial charge in [-0.25, -0.2) is 0 Å². The molecule has 0 N–H and O–H groups in total. The molecule has 1 fully saturated rings. The Morgan fingerprint density at radius 3 is 2.62 bits per heavy atom. The summed E-state index contributed by atoms with van der Waals surface area (Å²) >= 11 is 0. The number of piperidine rings is 1. The monoisotopic (exact) mass is 217 g/mol. The lowest BCUT2D eigenvalue weighted by atomic mass is 9.66. The second kappa shape index (κ2) is 4.48. The van der Waals surface area contributed by atoms with Crippen LogP contribution in [-0.2, 0) is 4.79 Å². The normalized spacial score (nSPS) is 24.0. The molecule has 1 spiro atoms. The van der Waals surface area contributed by atoms with Gasteiger partial charge in [0.25, 0.3) is 0 Å². The zero-order valence-corrected chi connectivity index (χ0v) is 10.2. The number of allylic oxidation sites excluding steroid dienone is 2. The summed E-state index contributed by atoms with van der Waals surface area (Å²) in [4.78, 5) is 13.4. The number of hydrogen-bond donors (Lipinski definition) is 0. The summed E-state index contributed by atoms with van der Waals surface area (Å²) < 4.78 is 0. The van der Waals surface area contributed by atoms with Crippen LogP contribution < -0.4 is 0 Å². The van der Waals surface area contributed by atoms with Crippen LogP contribution in [0, 0.1) is 5.41 Å². The Kier molecular flexibility index (Phi) is 3.22. The van der Waals surface area contributed by atoms with Crippen LogP contribution >= 0.6 is 0 Å².